The summed E-state index contributed by atoms with van der Waals surface area (Å²) in [6, 6.07) is 8.44. The SMILES string of the molecule is C=C1C2=C(C)[C@](O)(CC(C)C(C)N)[C@H](C(CO)N(C)C)C[C@@H]2Cc2c(-c3ccc(CN4CCN(C)CC4)o3)ccc(C)c21. The zero-order valence-corrected chi connectivity index (χ0v) is 27.5. The molecule has 0 saturated carbocycles. The third-order valence-electron chi connectivity index (χ3n) is 11.0. The van der Waals surface area contributed by atoms with Crippen molar-refractivity contribution >= 4 is 5.57 Å². The van der Waals surface area contributed by atoms with E-state index in [0.29, 0.717) is 6.42 Å². The second kappa shape index (κ2) is 12.6. The van der Waals surface area contributed by atoms with E-state index in [1.54, 1.807) is 0 Å². The fraction of sp³-hybridized carbons (Fsp3) is 0.611. The van der Waals surface area contributed by atoms with Gasteiger partial charge in [-0.3, -0.25) is 4.90 Å². The number of aryl methyl sites for hydroxylation is 1. The normalized spacial score (nSPS) is 27.3. The number of allylic oxidation sites excluding steroid dienone is 2. The van der Waals surface area contributed by atoms with Crippen LogP contribution in [0.2, 0.25) is 0 Å². The van der Waals surface area contributed by atoms with Gasteiger partial charge in [-0.1, -0.05) is 25.6 Å². The number of benzene rings is 1. The fourth-order valence-corrected chi connectivity index (χ4v) is 8.04. The van der Waals surface area contributed by atoms with Crippen LogP contribution in [0, 0.1) is 24.7 Å². The molecule has 5 rings (SSSR count). The van der Waals surface area contributed by atoms with Gasteiger partial charge in [0.05, 0.1) is 18.8 Å². The Bertz CT molecular complexity index is 1350. The van der Waals surface area contributed by atoms with Gasteiger partial charge in [-0.05, 0) is 119 Å². The molecule has 0 radical (unpaired) electrons. The van der Waals surface area contributed by atoms with Gasteiger partial charge >= 0.3 is 0 Å². The highest BCUT2D eigenvalue weighted by atomic mass is 16.3. The third kappa shape index (κ3) is 6.05. The second-order valence-corrected chi connectivity index (χ2v) is 14.1. The van der Waals surface area contributed by atoms with Crippen LogP contribution < -0.4 is 5.73 Å². The topological polar surface area (TPSA) is 89.3 Å². The first kappa shape index (κ1) is 32.1. The number of hydrogen-bond acceptors (Lipinski definition) is 7. The smallest absolute Gasteiger partial charge is 0.134 e. The van der Waals surface area contributed by atoms with E-state index < -0.39 is 5.60 Å². The zero-order valence-electron chi connectivity index (χ0n) is 27.5. The first-order valence-corrected chi connectivity index (χ1v) is 16.1. The maximum atomic E-state index is 12.6. The molecule has 2 aliphatic carbocycles. The molecule has 3 aliphatic rings. The molecule has 1 aromatic carbocycles. The summed E-state index contributed by atoms with van der Waals surface area (Å²) in [4.78, 5) is 6.90. The van der Waals surface area contributed by atoms with Crippen molar-refractivity contribution in [1.29, 1.82) is 0 Å². The van der Waals surface area contributed by atoms with Crippen molar-refractivity contribution in [1.82, 2.24) is 14.7 Å². The quantitative estimate of drug-likeness (QED) is 0.395. The van der Waals surface area contributed by atoms with Gasteiger partial charge in [0.15, 0.2) is 0 Å². The minimum Gasteiger partial charge on any atom is -0.460 e. The van der Waals surface area contributed by atoms with Crippen molar-refractivity contribution in [3.63, 3.8) is 0 Å². The summed E-state index contributed by atoms with van der Waals surface area (Å²) in [5, 5.41) is 23.2. The molecule has 1 fully saturated rings. The van der Waals surface area contributed by atoms with Gasteiger partial charge in [0, 0.05) is 49.7 Å². The lowest BCUT2D eigenvalue weighted by atomic mass is 9.58. The van der Waals surface area contributed by atoms with E-state index >= 15 is 0 Å². The first-order chi connectivity index (χ1) is 20.3. The molecular formula is C36H54N4O3. The van der Waals surface area contributed by atoms with Crippen molar-refractivity contribution in [2.24, 2.45) is 23.5 Å². The predicted octanol–water partition coefficient (Wildman–Crippen LogP) is 4.55. The standard InChI is InChI=1S/C36H54N4O3/c1-22-9-11-29(33-12-10-28(43-33)20-40-15-13-39(8)14-16-40)30-17-27-18-31(32(21-41)38(6)7)36(42,19-23(2)26(5)37)25(4)35(27)24(3)34(22)30/h9-12,23,26-27,31-32,41-42H,3,13-21,37H2,1-2,4-8H3/t23?,26?,27-,31-,32?,36+/m0/s1. The molecule has 6 atom stereocenters. The van der Waals surface area contributed by atoms with Gasteiger partial charge in [-0.2, -0.15) is 0 Å². The first-order valence-electron chi connectivity index (χ1n) is 16.1. The maximum absolute atomic E-state index is 12.6. The minimum atomic E-state index is -1.08. The zero-order chi connectivity index (χ0) is 31.2. The molecule has 2 aromatic rings. The lowest BCUT2D eigenvalue weighted by molar-refractivity contribution is -0.0638. The van der Waals surface area contributed by atoms with Crippen molar-refractivity contribution in [2.45, 2.75) is 71.2 Å². The molecule has 7 nitrogen and oxygen atoms in total. The fourth-order valence-electron chi connectivity index (χ4n) is 8.04. The lowest BCUT2D eigenvalue weighted by Gasteiger charge is -2.52. The second-order valence-electron chi connectivity index (χ2n) is 14.1. The van der Waals surface area contributed by atoms with E-state index in [9.17, 15) is 10.2 Å². The number of nitrogens with two attached hydrogens (primary N) is 1. The summed E-state index contributed by atoms with van der Waals surface area (Å²) in [6.07, 6.45) is 2.19. The van der Waals surface area contributed by atoms with Crippen LogP contribution in [0.1, 0.15) is 56.1 Å². The number of piperazine rings is 1. The van der Waals surface area contributed by atoms with Crippen molar-refractivity contribution in [2.75, 3.05) is 53.9 Å². The van der Waals surface area contributed by atoms with Crippen molar-refractivity contribution in [3.05, 3.63) is 64.4 Å². The average Bonchev–Trinajstić information content (AvgIpc) is 3.41. The van der Waals surface area contributed by atoms with E-state index in [1.165, 1.54) is 22.3 Å². The number of furan rings is 1. The minimum absolute atomic E-state index is 0.00770. The number of nitrogens with zero attached hydrogens (tertiary/aromatic N) is 3. The molecule has 0 bridgehead atoms. The van der Waals surface area contributed by atoms with E-state index in [2.05, 4.69) is 73.4 Å². The molecule has 1 aliphatic heterocycles. The number of fused-ring (bicyclic) bond motifs is 2. The average molecular weight is 591 g/mol. The number of likely N-dealkylation sites (N-methyl/N-ethyl adjacent to an activating group) is 2. The summed E-state index contributed by atoms with van der Waals surface area (Å²) >= 11 is 0. The van der Waals surface area contributed by atoms with Gasteiger partial charge in [-0.25, -0.2) is 0 Å². The van der Waals surface area contributed by atoms with Crippen molar-refractivity contribution < 1.29 is 14.6 Å². The number of hydrogen-bond donors (Lipinski definition) is 3. The number of rotatable bonds is 9. The monoisotopic (exact) mass is 590 g/mol. The van der Waals surface area contributed by atoms with Crippen LogP contribution in [0.5, 0.6) is 0 Å². The Morgan fingerprint density at radius 3 is 2.44 bits per heavy atom. The Labute approximate surface area is 259 Å². The van der Waals surface area contributed by atoms with E-state index in [1.807, 2.05) is 21.0 Å². The van der Waals surface area contributed by atoms with Crippen LogP contribution in [-0.2, 0) is 13.0 Å². The Hall–Kier alpha value is -2.26. The molecule has 4 N–H and O–H groups in total. The summed E-state index contributed by atoms with van der Waals surface area (Å²) in [7, 11) is 6.18. The number of aliphatic hydroxyl groups excluding tert-OH is 1. The summed E-state index contributed by atoms with van der Waals surface area (Å²) in [6.45, 7) is 18.2. The van der Waals surface area contributed by atoms with Crippen LogP contribution in [0.25, 0.3) is 16.9 Å². The highest BCUT2D eigenvalue weighted by molar-refractivity contribution is 5.88. The molecule has 1 saturated heterocycles. The van der Waals surface area contributed by atoms with E-state index in [0.717, 1.165) is 73.8 Å². The molecule has 43 heavy (non-hydrogen) atoms. The summed E-state index contributed by atoms with van der Waals surface area (Å²) < 4.78 is 6.52. The Balaban J connectivity index is 1.54. The van der Waals surface area contributed by atoms with Crippen LogP contribution in [0.3, 0.4) is 0 Å². The highest BCUT2D eigenvalue weighted by Gasteiger charge is 2.51. The van der Waals surface area contributed by atoms with Gasteiger partial charge < -0.3 is 30.2 Å². The Morgan fingerprint density at radius 1 is 1.12 bits per heavy atom. The summed E-state index contributed by atoms with van der Waals surface area (Å²) in [5.41, 5.74) is 13.2. The Morgan fingerprint density at radius 2 is 1.81 bits per heavy atom. The van der Waals surface area contributed by atoms with Crippen LogP contribution in [-0.4, -0.2) is 96.5 Å². The predicted molar refractivity (Wildman–Crippen MR) is 176 cm³/mol. The largest absolute Gasteiger partial charge is 0.460 e. The molecule has 236 valence electrons. The van der Waals surface area contributed by atoms with Gasteiger partial charge in [0.1, 0.15) is 11.5 Å². The number of aliphatic hydroxyl groups is 2. The van der Waals surface area contributed by atoms with Crippen LogP contribution in [0.4, 0.5) is 0 Å². The van der Waals surface area contributed by atoms with Gasteiger partial charge in [0.2, 0.25) is 0 Å². The lowest BCUT2D eigenvalue weighted by Crippen LogP contribution is -2.56. The van der Waals surface area contributed by atoms with Crippen molar-refractivity contribution in [3.8, 4) is 11.3 Å². The van der Waals surface area contributed by atoms with Crippen LogP contribution >= 0.6 is 0 Å². The van der Waals surface area contributed by atoms with E-state index in [4.69, 9.17) is 10.2 Å². The van der Waals surface area contributed by atoms with E-state index in [-0.39, 0.29) is 36.4 Å². The maximum Gasteiger partial charge on any atom is 0.134 e. The molecular weight excluding hydrogens is 536 g/mol. The van der Waals surface area contributed by atoms with Crippen LogP contribution in [0.15, 0.2) is 46.4 Å². The molecule has 0 spiro atoms. The van der Waals surface area contributed by atoms with Gasteiger partial charge in [-0.15, -0.1) is 0 Å². The highest BCUT2D eigenvalue weighted by Crippen LogP contribution is 2.54. The molecule has 2 heterocycles. The molecule has 3 unspecified atom stereocenters. The molecule has 1 aromatic heterocycles. The summed E-state index contributed by atoms with van der Waals surface area (Å²) in [5.74, 6) is 2.10. The Kier molecular flexibility index (Phi) is 9.44. The third-order valence-corrected chi connectivity index (χ3v) is 11.0. The molecule has 0 amide bonds. The molecule has 7 heteroatoms. The van der Waals surface area contributed by atoms with Gasteiger partial charge in [0.25, 0.3) is 0 Å².